The second-order valence-electron chi connectivity index (χ2n) is 4.50. The lowest BCUT2D eigenvalue weighted by molar-refractivity contribution is -0.139. The molecular weight excluding hydrogens is 356 g/mol. The van der Waals surface area contributed by atoms with Crippen LogP contribution in [-0.4, -0.2) is 17.7 Å². The van der Waals surface area contributed by atoms with Crippen LogP contribution >= 0.6 is 27.5 Å². The Labute approximate surface area is 136 Å². The minimum absolute atomic E-state index is 0.309. The Hall–Kier alpha value is -1.52. The van der Waals surface area contributed by atoms with Gasteiger partial charge in [0.2, 0.25) is 0 Å². The van der Waals surface area contributed by atoms with Crippen LogP contribution in [0, 0.1) is 0 Å². The molecule has 2 aromatic rings. The summed E-state index contributed by atoms with van der Waals surface area (Å²) in [4.78, 5) is 11.4. The maximum atomic E-state index is 11.4. The number of hydrogen-bond acceptors (Lipinski definition) is 2. The first-order valence-corrected chi connectivity index (χ1v) is 7.60. The molecule has 0 bridgehead atoms. The summed E-state index contributed by atoms with van der Waals surface area (Å²) >= 11 is 9.41. The van der Waals surface area contributed by atoms with Crippen molar-refractivity contribution < 1.29 is 14.6 Å². The highest BCUT2D eigenvalue weighted by Gasteiger charge is 2.22. The largest absolute Gasteiger partial charge is 0.494 e. The van der Waals surface area contributed by atoms with Crippen LogP contribution in [0.25, 0.3) is 0 Å². The van der Waals surface area contributed by atoms with E-state index in [0.717, 1.165) is 4.47 Å². The number of rotatable bonds is 6. The molecule has 0 aliphatic rings. The van der Waals surface area contributed by atoms with Crippen molar-refractivity contribution in [2.75, 3.05) is 6.61 Å². The van der Waals surface area contributed by atoms with Gasteiger partial charge in [0.05, 0.1) is 12.5 Å². The van der Waals surface area contributed by atoms with E-state index < -0.39 is 11.9 Å². The molecule has 2 rings (SSSR count). The number of carboxylic acid groups (broad SMARTS) is 1. The highest BCUT2D eigenvalue weighted by atomic mass is 79.9. The fraction of sp³-hybridized carbons (Fsp3) is 0.188. The molecule has 1 unspecified atom stereocenters. The predicted octanol–water partition coefficient (Wildman–Crippen LogP) is 4.74. The number of carboxylic acids is 1. The van der Waals surface area contributed by atoms with Crippen LogP contribution in [-0.2, 0) is 4.79 Å². The van der Waals surface area contributed by atoms with Crippen molar-refractivity contribution in [3.8, 4) is 5.75 Å². The number of hydrogen-bond donors (Lipinski definition) is 1. The van der Waals surface area contributed by atoms with Gasteiger partial charge in [0.15, 0.2) is 0 Å². The van der Waals surface area contributed by atoms with Gasteiger partial charge in [-0.2, -0.15) is 0 Å². The quantitative estimate of drug-likeness (QED) is 0.800. The fourth-order valence-electron chi connectivity index (χ4n) is 2.00. The van der Waals surface area contributed by atoms with Gasteiger partial charge < -0.3 is 9.84 Å². The monoisotopic (exact) mass is 368 g/mol. The van der Waals surface area contributed by atoms with Crippen LogP contribution in [0.15, 0.2) is 53.0 Å². The minimum Gasteiger partial charge on any atom is -0.494 e. The molecule has 21 heavy (non-hydrogen) atoms. The van der Waals surface area contributed by atoms with E-state index in [1.807, 2.05) is 24.3 Å². The highest BCUT2D eigenvalue weighted by molar-refractivity contribution is 9.10. The smallest absolute Gasteiger partial charge is 0.311 e. The second-order valence-corrected chi connectivity index (χ2v) is 5.83. The van der Waals surface area contributed by atoms with Gasteiger partial charge in [0.1, 0.15) is 5.75 Å². The molecule has 0 aliphatic carbocycles. The molecule has 1 atom stereocenters. The lowest BCUT2D eigenvalue weighted by Gasteiger charge is -2.15. The fourth-order valence-corrected chi connectivity index (χ4v) is 2.53. The van der Waals surface area contributed by atoms with Crippen molar-refractivity contribution in [1.29, 1.82) is 0 Å². The van der Waals surface area contributed by atoms with Crippen molar-refractivity contribution in [2.45, 2.75) is 12.3 Å². The lowest BCUT2D eigenvalue weighted by atomic mass is 9.96. The summed E-state index contributed by atoms with van der Waals surface area (Å²) in [6.07, 6.45) is 0.356. The van der Waals surface area contributed by atoms with Crippen LogP contribution in [0.3, 0.4) is 0 Å². The first kappa shape index (κ1) is 15.9. The van der Waals surface area contributed by atoms with Gasteiger partial charge in [0.25, 0.3) is 0 Å². The van der Waals surface area contributed by atoms with E-state index in [1.165, 1.54) is 0 Å². The van der Waals surface area contributed by atoms with E-state index in [2.05, 4.69) is 15.9 Å². The molecule has 3 nitrogen and oxygen atoms in total. The minimum atomic E-state index is -0.900. The van der Waals surface area contributed by atoms with Crippen molar-refractivity contribution in [2.24, 2.45) is 0 Å². The first-order chi connectivity index (χ1) is 10.1. The SMILES string of the molecule is O=C(O)C(CCOc1ccc(Br)cc1)c1ccccc1Cl. The number of aliphatic carboxylic acids is 1. The molecule has 2 aromatic carbocycles. The van der Waals surface area contributed by atoms with Crippen LogP contribution in [0.4, 0.5) is 0 Å². The van der Waals surface area contributed by atoms with Gasteiger partial charge in [-0.25, -0.2) is 0 Å². The van der Waals surface area contributed by atoms with E-state index >= 15 is 0 Å². The molecule has 0 heterocycles. The lowest BCUT2D eigenvalue weighted by Crippen LogP contribution is -2.15. The van der Waals surface area contributed by atoms with Crippen molar-refractivity contribution >= 4 is 33.5 Å². The zero-order valence-electron chi connectivity index (χ0n) is 11.1. The van der Waals surface area contributed by atoms with E-state index in [-0.39, 0.29) is 0 Å². The Balaban J connectivity index is 2.00. The number of benzene rings is 2. The summed E-state index contributed by atoms with van der Waals surface area (Å²) in [6.45, 7) is 0.309. The Morgan fingerprint density at radius 3 is 2.48 bits per heavy atom. The van der Waals surface area contributed by atoms with Gasteiger partial charge in [-0.15, -0.1) is 0 Å². The van der Waals surface area contributed by atoms with E-state index in [9.17, 15) is 9.90 Å². The van der Waals surface area contributed by atoms with Gasteiger partial charge in [-0.3, -0.25) is 4.79 Å². The number of halogens is 2. The Morgan fingerprint density at radius 2 is 1.86 bits per heavy atom. The molecule has 0 aromatic heterocycles. The molecule has 5 heteroatoms. The number of ether oxygens (including phenoxy) is 1. The molecule has 0 spiro atoms. The van der Waals surface area contributed by atoms with Gasteiger partial charge in [-0.05, 0) is 42.3 Å². The molecule has 1 N–H and O–H groups in total. The van der Waals surface area contributed by atoms with Gasteiger partial charge in [0, 0.05) is 9.50 Å². The maximum Gasteiger partial charge on any atom is 0.311 e. The topological polar surface area (TPSA) is 46.5 Å². The second kappa shape index (κ2) is 7.48. The van der Waals surface area contributed by atoms with Gasteiger partial charge in [-0.1, -0.05) is 45.7 Å². The van der Waals surface area contributed by atoms with Crippen molar-refractivity contribution in [1.82, 2.24) is 0 Å². The number of carbonyl (C=O) groups is 1. The third-order valence-corrected chi connectivity index (χ3v) is 3.94. The summed E-state index contributed by atoms with van der Waals surface area (Å²) in [5.41, 5.74) is 0.617. The van der Waals surface area contributed by atoms with Gasteiger partial charge >= 0.3 is 5.97 Å². The van der Waals surface area contributed by atoms with Crippen LogP contribution < -0.4 is 4.74 Å². The molecular formula is C16H14BrClO3. The molecule has 110 valence electrons. The van der Waals surface area contributed by atoms with Crippen LogP contribution in [0.2, 0.25) is 5.02 Å². The third kappa shape index (κ3) is 4.48. The molecule has 0 saturated heterocycles. The van der Waals surface area contributed by atoms with Crippen molar-refractivity contribution in [3.05, 3.63) is 63.6 Å². The summed E-state index contributed by atoms with van der Waals surface area (Å²) in [5, 5.41) is 9.83. The molecule has 0 radical (unpaired) electrons. The average molecular weight is 370 g/mol. The normalized spacial score (nSPS) is 11.9. The first-order valence-electron chi connectivity index (χ1n) is 6.43. The summed E-state index contributed by atoms with van der Waals surface area (Å²) in [5.74, 6) is -0.863. The average Bonchev–Trinajstić information content (AvgIpc) is 2.46. The molecule has 0 fully saturated rings. The molecule has 0 saturated carbocycles. The Bertz CT molecular complexity index is 613. The van der Waals surface area contributed by atoms with Crippen molar-refractivity contribution in [3.63, 3.8) is 0 Å². The summed E-state index contributed by atoms with van der Waals surface area (Å²) < 4.78 is 6.54. The summed E-state index contributed by atoms with van der Waals surface area (Å²) in [7, 11) is 0. The third-order valence-electron chi connectivity index (χ3n) is 3.07. The van der Waals surface area contributed by atoms with E-state index in [0.29, 0.717) is 29.4 Å². The zero-order valence-corrected chi connectivity index (χ0v) is 13.5. The van der Waals surface area contributed by atoms with E-state index in [1.54, 1.807) is 24.3 Å². The van der Waals surface area contributed by atoms with Crippen LogP contribution in [0.5, 0.6) is 5.75 Å². The Kier molecular flexibility index (Phi) is 5.65. The highest BCUT2D eigenvalue weighted by Crippen LogP contribution is 2.27. The Morgan fingerprint density at radius 1 is 1.19 bits per heavy atom. The predicted molar refractivity (Wildman–Crippen MR) is 86.1 cm³/mol. The maximum absolute atomic E-state index is 11.4. The summed E-state index contributed by atoms with van der Waals surface area (Å²) in [6, 6.07) is 14.4. The zero-order chi connectivity index (χ0) is 15.2. The standard InChI is InChI=1S/C16H14BrClO3/c17-11-5-7-12(8-6-11)21-10-9-14(16(19)20)13-3-1-2-4-15(13)18/h1-8,14H,9-10H2,(H,19,20). The van der Waals surface area contributed by atoms with E-state index in [4.69, 9.17) is 16.3 Å². The van der Waals surface area contributed by atoms with Crippen LogP contribution in [0.1, 0.15) is 17.9 Å². The molecule has 0 amide bonds. The molecule has 0 aliphatic heterocycles.